The first-order chi connectivity index (χ1) is 14.5. The van der Waals surface area contributed by atoms with E-state index in [0.29, 0.717) is 34.9 Å². The Morgan fingerprint density at radius 2 is 1.09 bits per heavy atom. The minimum atomic E-state index is -1.26. The molecule has 1 rings (SSSR count). The van der Waals surface area contributed by atoms with E-state index in [-0.39, 0.29) is 17.4 Å². The number of aliphatic carboxylic acids is 4. The van der Waals surface area contributed by atoms with Crippen LogP contribution in [0.25, 0.3) is 0 Å². The van der Waals surface area contributed by atoms with E-state index in [4.69, 9.17) is 32.0 Å². The van der Waals surface area contributed by atoms with Crippen molar-refractivity contribution >= 4 is 41.3 Å². The third-order valence-electron chi connectivity index (χ3n) is 2.91. The fourth-order valence-electron chi connectivity index (χ4n) is 1.86. The number of hydrogen-bond acceptors (Lipinski definition) is 6. The molecule has 0 aliphatic heterocycles. The number of halogens is 1. The maximum atomic E-state index is 12.0. The zero-order valence-corrected chi connectivity index (χ0v) is 18.7. The van der Waals surface area contributed by atoms with Gasteiger partial charge in [0.15, 0.2) is 5.78 Å². The second kappa shape index (κ2) is 15.3. The third-order valence-corrected chi connectivity index (χ3v) is 3.16. The minimum absolute atomic E-state index is 0.0680. The summed E-state index contributed by atoms with van der Waals surface area (Å²) in [4.78, 5) is 50.2. The average molecular weight is 472 g/mol. The monoisotopic (exact) mass is 471 g/mol. The van der Waals surface area contributed by atoms with Crippen molar-refractivity contribution in [2.24, 2.45) is 0 Å². The molecule has 0 saturated carbocycles. The lowest BCUT2D eigenvalue weighted by molar-refractivity contribution is -0.134. The number of rotatable bonds is 7. The van der Waals surface area contributed by atoms with Crippen LogP contribution in [-0.4, -0.2) is 61.7 Å². The smallest absolute Gasteiger partial charge is 0.328 e. The van der Waals surface area contributed by atoms with Crippen molar-refractivity contribution in [1.82, 2.24) is 5.32 Å². The molecule has 0 heterocycles. The number of benzene rings is 1. The normalized spacial score (nSPS) is 11.5. The predicted octanol–water partition coefficient (Wildman–Crippen LogP) is 2.72. The second-order valence-electron chi connectivity index (χ2n) is 7.01. The number of carboxylic acids is 4. The van der Waals surface area contributed by atoms with E-state index >= 15 is 0 Å². The Kier molecular flexibility index (Phi) is 14.7. The van der Waals surface area contributed by atoms with E-state index < -0.39 is 23.9 Å². The van der Waals surface area contributed by atoms with Gasteiger partial charge in [-0.05, 0) is 52.0 Å². The topological polar surface area (TPSA) is 178 Å². The summed E-state index contributed by atoms with van der Waals surface area (Å²) < 4.78 is 0. The predicted molar refractivity (Wildman–Crippen MR) is 117 cm³/mol. The average Bonchev–Trinajstić information content (AvgIpc) is 2.64. The summed E-state index contributed by atoms with van der Waals surface area (Å²) in [6, 6.07) is 6.79. The van der Waals surface area contributed by atoms with Gasteiger partial charge in [-0.1, -0.05) is 11.6 Å². The van der Waals surface area contributed by atoms with E-state index in [1.165, 1.54) is 0 Å². The number of carbonyl (C=O) groups excluding carboxylic acids is 1. The Morgan fingerprint density at radius 1 is 0.781 bits per heavy atom. The molecule has 1 aromatic rings. The van der Waals surface area contributed by atoms with Crippen molar-refractivity contribution in [2.45, 2.75) is 39.3 Å². The molecule has 32 heavy (non-hydrogen) atoms. The molecule has 10 nitrogen and oxygen atoms in total. The lowest BCUT2D eigenvalue weighted by Crippen LogP contribution is -2.46. The molecule has 0 amide bonds. The van der Waals surface area contributed by atoms with Crippen LogP contribution in [-0.2, 0) is 19.2 Å². The zero-order chi connectivity index (χ0) is 25.5. The van der Waals surface area contributed by atoms with Gasteiger partial charge in [-0.2, -0.15) is 0 Å². The van der Waals surface area contributed by atoms with E-state index in [1.54, 1.807) is 24.3 Å². The van der Waals surface area contributed by atoms with E-state index in [1.807, 2.05) is 27.7 Å². The van der Waals surface area contributed by atoms with Crippen molar-refractivity contribution in [1.29, 1.82) is 0 Å². The van der Waals surface area contributed by atoms with E-state index in [2.05, 4.69) is 5.32 Å². The largest absolute Gasteiger partial charge is 0.478 e. The first-order valence-electron chi connectivity index (χ1n) is 8.90. The first kappa shape index (κ1) is 30.7. The van der Waals surface area contributed by atoms with Gasteiger partial charge >= 0.3 is 23.9 Å². The standard InChI is InChI=1S/C13H18ClNO.2C4H4O4/c1-9(15-13(2,3)4)12(16)10-5-7-11(14)8-6-10;2*5-3(6)1-2-4(7)8/h5-9,15H,1-4H3;2*1-2H,(H,5,6)(H,7,8)/b;2*2-1+. The number of Topliss-reactive ketones (excluding diaryl/α,β-unsaturated/α-hetero) is 1. The molecule has 0 bridgehead atoms. The Hall–Kier alpha value is -3.50. The highest BCUT2D eigenvalue weighted by Crippen LogP contribution is 2.12. The third kappa shape index (κ3) is 19.8. The molecule has 0 aliphatic carbocycles. The number of carbonyl (C=O) groups is 5. The van der Waals surface area contributed by atoms with Crippen LogP contribution in [0.4, 0.5) is 0 Å². The van der Waals surface area contributed by atoms with Crippen molar-refractivity contribution in [3.8, 4) is 0 Å². The summed E-state index contributed by atoms with van der Waals surface area (Å²) in [6.07, 6.45) is 2.23. The van der Waals surface area contributed by atoms with Gasteiger partial charge in [0.1, 0.15) is 0 Å². The summed E-state index contributed by atoms with van der Waals surface area (Å²) in [6.45, 7) is 8.00. The number of hydrogen-bond donors (Lipinski definition) is 5. The molecule has 0 saturated heterocycles. The van der Waals surface area contributed by atoms with Crippen LogP contribution in [0, 0.1) is 0 Å². The Balaban J connectivity index is 0. The van der Waals surface area contributed by atoms with Crippen LogP contribution >= 0.6 is 11.6 Å². The lowest BCUT2D eigenvalue weighted by Gasteiger charge is -2.25. The van der Waals surface area contributed by atoms with Crippen LogP contribution in [0.2, 0.25) is 5.02 Å². The molecule has 0 radical (unpaired) electrons. The highest BCUT2D eigenvalue weighted by molar-refractivity contribution is 6.30. The summed E-state index contributed by atoms with van der Waals surface area (Å²) in [5.41, 5.74) is 0.621. The van der Waals surface area contributed by atoms with Crippen LogP contribution in [0.5, 0.6) is 0 Å². The molecule has 11 heteroatoms. The summed E-state index contributed by atoms with van der Waals surface area (Å²) in [7, 11) is 0. The SMILES string of the molecule is CC(NC(C)(C)C)C(=O)c1ccc(Cl)cc1.O=C(O)/C=C/C(=O)O.O=C(O)/C=C/C(=O)O. The van der Waals surface area contributed by atoms with E-state index in [9.17, 15) is 24.0 Å². The van der Waals surface area contributed by atoms with Gasteiger partial charge in [0, 0.05) is 40.4 Å². The molecule has 0 aliphatic rings. The number of carboxylic acid groups (broad SMARTS) is 4. The first-order valence-corrected chi connectivity index (χ1v) is 9.28. The van der Waals surface area contributed by atoms with Crippen LogP contribution < -0.4 is 5.32 Å². The zero-order valence-electron chi connectivity index (χ0n) is 17.9. The molecule has 0 fully saturated rings. The Labute approximate surface area is 189 Å². The fraction of sp³-hybridized carbons (Fsp3) is 0.286. The van der Waals surface area contributed by atoms with Crippen molar-refractivity contribution in [3.05, 3.63) is 59.2 Å². The summed E-state index contributed by atoms with van der Waals surface area (Å²) >= 11 is 5.78. The molecule has 1 atom stereocenters. The lowest BCUT2D eigenvalue weighted by atomic mass is 10.0. The molecule has 176 valence electrons. The molecule has 0 aromatic heterocycles. The van der Waals surface area contributed by atoms with Gasteiger partial charge in [0.05, 0.1) is 6.04 Å². The number of ketones is 1. The molecule has 1 unspecified atom stereocenters. The van der Waals surface area contributed by atoms with E-state index in [0.717, 1.165) is 0 Å². The molecule has 0 spiro atoms. The van der Waals surface area contributed by atoms with Gasteiger partial charge in [0.25, 0.3) is 0 Å². The highest BCUT2D eigenvalue weighted by atomic mass is 35.5. The minimum Gasteiger partial charge on any atom is -0.478 e. The molecular formula is C21H26ClNO9. The van der Waals surface area contributed by atoms with Crippen LogP contribution in [0.3, 0.4) is 0 Å². The van der Waals surface area contributed by atoms with Gasteiger partial charge in [-0.15, -0.1) is 0 Å². The van der Waals surface area contributed by atoms with Crippen molar-refractivity contribution in [3.63, 3.8) is 0 Å². The second-order valence-corrected chi connectivity index (χ2v) is 7.44. The van der Waals surface area contributed by atoms with Crippen LogP contribution in [0.1, 0.15) is 38.1 Å². The fourth-order valence-corrected chi connectivity index (χ4v) is 1.99. The molecule has 1 aromatic carbocycles. The van der Waals surface area contributed by atoms with Gasteiger partial charge in [-0.25, -0.2) is 19.2 Å². The Bertz CT molecular complexity index is 787. The maximum Gasteiger partial charge on any atom is 0.328 e. The van der Waals surface area contributed by atoms with Gasteiger partial charge in [0.2, 0.25) is 0 Å². The summed E-state index contributed by atoms with van der Waals surface area (Å²) in [5.74, 6) is -4.94. The van der Waals surface area contributed by atoms with Crippen LogP contribution in [0.15, 0.2) is 48.6 Å². The Morgan fingerprint density at radius 3 is 1.34 bits per heavy atom. The highest BCUT2D eigenvalue weighted by Gasteiger charge is 2.20. The summed E-state index contributed by atoms with van der Waals surface area (Å²) in [5, 5.41) is 35.1. The number of nitrogens with one attached hydrogen (secondary N) is 1. The van der Waals surface area contributed by atoms with Gasteiger partial charge in [-0.3, -0.25) is 4.79 Å². The maximum absolute atomic E-state index is 12.0. The van der Waals surface area contributed by atoms with Gasteiger partial charge < -0.3 is 25.7 Å². The molecule has 5 N–H and O–H groups in total. The van der Waals surface area contributed by atoms with Crippen molar-refractivity contribution < 1.29 is 44.4 Å². The van der Waals surface area contributed by atoms with Crippen molar-refractivity contribution in [2.75, 3.05) is 0 Å². The molecular weight excluding hydrogens is 446 g/mol. The quantitative estimate of drug-likeness (QED) is 0.293.